The molecule has 0 bridgehead atoms. The molecule has 1 saturated heterocycles. The predicted molar refractivity (Wildman–Crippen MR) is 91.9 cm³/mol. The fourth-order valence-corrected chi connectivity index (χ4v) is 3.10. The maximum Gasteiger partial charge on any atom is 0.235 e. The standard InChI is InChI=1S/C19H12ClN3O2/c20-16-8-15(6-5-14(16)11-22)23-17(18(24)9-19(23)25)7-12-1-3-13(10-21)4-2-12/h1-6,8,17H,7,9H2. The Morgan fingerprint density at radius 3 is 2.40 bits per heavy atom. The summed E-state index contributed by atoms with van der Waals surface area (Å²) in [5, 5.41) is 18.1. The molecule has 0 aliphatic carbocycles. The van der Waals surface area contributed by atoms with Gasteiger partial charge in [-0.2, -0.15) is 10.5 Å². The highest BCUT2D eigenvalue weighted by molar-refractivity contribution is 6.32. The summed E-state index contributed by atoms with van der Waals surface area (Å²) in [7, 11) is 0. The van der Waals surface area contributed by atoms with Crippen LogP contribution >= 0.6 is 11.6 Å². The van der Waals surface area contributed by atoms with E-state index in [0.717, 1.165) is 5.56 Å². The monoisotopic (exact) mass is 349 g/mol. The fraction of sp³-hybridized carbons (Fsp3) is 0.158. The molecule has 1 aliphatic heterocycles. The minimum atomic E-state index is -0.621. The first-order valence-electron chi connectivity index (χ1n) is 7.57. The second-order valence-electron chi connectivity index (χ2n) is 5.71. The van der Waals surface area contributed by atoms with Crippen molar-refractivity contribution in [2.45, 2.75) is 18.9 Å². The van der Waals surface area contributed by atoms with Crippen molar-refractivity contribution in [3.8, 4) is 12.1 Å². The van der Waals surface area contributed by atoms with Crippen LogP contribution in [0, 0.1) is 22.7 Å². The first-order chi connectivity index (χ1) is 12.0. The average molecular weight is 350 g/mol. The molecule has 0 saturated carbocycles. The highest BCUT2D eigenvalue weighted by Crippen LogP contribution is 2.30. The summed E-state index contributed by atoms with van der Waals surface area (Å²) in [4.78, 5) is 26.0. The minimum absolute atomic E-state index is 0.154. The Kier molecular flexibility index (Phi) is 4.52. The smallest absolute Gasteiger partial charge is 0.235 e. The van der Waals surface area contributed by atoms with Crippen LogP contribution in [-0.4, -0.2) is 17.7 Å². The number of hydrogen-bond acceptors (Lipinski definition) is 4. The highest BCUT2D eigenvalue weighted by atomic mass is 35.5. The molecule has 1 unspecified atom stereocenters. The van der Waals surface area contributed by atoms with E-state index in [4.69, 9.17) is 22.1 Å². The normalized spacial score (nSPS) is 16.6. The second-order valence-corrected chi connectivity index (χ2v) is 6.12. The minimum Gasteiger partial charge on any atom is -0.301 e. The number of nitriles is 2. The van der Waals surface area contributed by atoms with E-state index in [1.165, 1.54) is 17.0 Å². The maximum atomic E-state index is 12.3. The van der Waals surface area contributed by atoms with Crippen LogP contribution in [0.25, 0.3) is 0 Å². The molecule has 0 spiro atoms. The van der Waals surface area contributed by atoms with Gasteiger partial charge < -0.3 is 4.90 Å². The van der Waals surface area contributed by atoms with Crippen molar-refractivity contribution >= 4 is 29.0 Å². The van der Waals surface area contributed by atoms with Crippen LogP contribution in [-0.2, 0) is 16.0 Å². The van der Waals surface area contributed by atoms with Gasteiger partial charge in [-0.3, -0.25) is 9.59 Å². The number of ketones is 1. The summed E-state index contributed by atoms with van der Waals surface area (Å²) >= 11 is 6.06. The highest BCUT2D eigenvalue weighted by Gasteiger charge is 2.39. The molecule has 1 aliphatic rings. The van der Waals surface area contributed by atoms with Crippen LogP contribution in [0.3, 0.4) is 0 Å². The molecule has 0 aromatic heterocycles. The molecule has 5 nitrogen and oxygen atoms in total. The second kappa shape index (κ2) is 6.76. The lowest BCUT2D eigenvalue weighted by molar-refractivity contribution is -0.121. The van der Waals surface area contributed by atoms with Gasteiger partial charge in [0.25, 0.3) is 0 Å². The van der Waals surface area contributed by atoms with Gasteiger partial charge in [-0.1, -0.05) is 23.7 Å². The number of halogens is 1. The summed E-state index contributed by atoms with van der Waals surface area (Å²) in [6.07, 6.45) is 0.201. The molecule has 2 aromatic carbocycles. The predicted octanol–water partition coefficient (Wildman–Crippen LogP) is 3.00. The zero-order chi connectivity index (χ0) is 18.0. The Hall–Kier alpha value is -3.15. The first-order valence-corrected chi connectivity index (χ1v) is 7.94. The Morgan fingerprint density at radius 2 is 1.80 bits per heavy atom. The SMILES string of the molecule is N#Cc1ccc(CC2C(=O)CC(=O)N2c2ccc(C#N)c(Cl)c2)cc1. The van der Waals surface area contributed by atoms with Crippen molar-refractivity contribution in [1.29, 1.82) is 10.5 Å². The Labute approximate surface area is 149 Å². The van der Waals surface area contributed by atoms with Crippen molar-refractivity contribution in [1.82, 2.24) is 0 Å². The third-order valence-corrected chi connectivity index (χ3v) is 4.45. The maximum absolute atomic E-state index is 12.3. The van der Waals surface area contributed by atoms with Gasteiger partial charge in [0.2, 0.25) is 5.91 Å². The number of amides is 1. The number of carbonyl (C=O) groups is 2. The quantitative estimate of drug-likeness (QED) is 0.797. The number of benzene rings is 2. The van der Waals surface area contributed by atoms with Gasteiger partial charge in [-0.05, 0) is 35.9 Å². The van der Waals surface area contributed by atoms with Crippen LogP contribution in [0.4, 0.5) is 5.69 Å². The Morgan fingerprint density at radius 1 is 1.08 bits per heavy atom. The average Bonchev–Trinajstić information content (AvgIpc) is 2.89. The molecular weight excluding hydrogens is 338 g/mol. The van der Waals surface area contributed by atoms with E-state index < -0.39 is 6.04 Å². The van der Waals surface area contributed by atoms with E-state index in [9.17, 15) is 9.59 Å². The molecule has 122 valence electrons. The number of Topliss-reactive ketones (excluding diaryl/α,β-unsaturated/α-hetero) is 1. The van der Waals surface area contributed by atoms with Crippen LogP contribution < -0.4 is 4.90 Å². The third kappa shape index (κ3) is 3.24. The van der Waals surface area contributed by atoms with Gasteiger partial charge in [0.1, 0.15) is 6.07 Å². The van der Waals surface area contributed by atoms with Gasteiger partial charge in [-0.25, -0.2) is 0 Å². The summed E-state index contributed by atoms with van der Waals surface area (Å²) in [5.41, 5.74) is 2.20. The summed E-state index contributed by atoms with van der Waals surface area (Å²) in [6, 6.07) is 15.0. The number of anilines is 1. The lowest BCUT2D eigenvalue weighted by Crippen LogP contribution is -2.37. The zero-order valence-electron chi connectivity index (χ0n) is 13.1. The largest absolute Gasteiger partial charge is 0.301 e. The van der Waals surface area contributed by atoms with E-state index in [1.54, 1.807) is 30.3 Å². The van der Waals surface area contributed by atoms with Gasteiger partial charge >= 0.3 is 0 Å². The lowest BCUT2D eigenvalue weighted by atomic mass is 10.0. The topological polar surface area (TPSA) is 85.0 Å². The van der Waals surface area contributed by atoms with Crippen LogP contribution in [0.2, 0.25) is 5.02 Å². The Bertz CT molecular complexity index is 939. The van der Waals surface area contributed by atoms with Crippen LogP contribution in [0.15, 0.2) is 42.5 Å². The third-order valence-electron chi connectivity index (χ3n) is 4.14. The molecule has 1 atom stereocenters. The van der Waals surface area contributed by atoms with Gasteiger partial charge in [0.15, 0.2) is 5.78 Å². The van der Waals surface area contributed by atoms with Crippen LogP contribution in [0.5, 0.6) is 0 Å². The van der Waals surface area contributed by atoms with Crippen molar-refractivity contribution in [2.24, 2.45) is 0 Å². The van der Waals surface area contributed by atoms with Gasteiger partial charge in [0, 0.05) is 12.1 Å². The molecule has 1 heterocycles. The van der Waals surface area contributed by atoms with E-state index in [1.807, 2.05) is 12.1 Å². The number of rotatable bonds is 3. The molecule has 3 rings (SSSR count). The molecular formula is C19H12ClN3O2. The molecule has 25 heavy (non-hydrogen) atoms. The van der Waals surface area contributed by atoms with Crippen molar-refractivity contribution in [3.05, 3.63) is 64.2 Å². The summed E-state index contributed by atoms with van der Waals surface area (Å²) in [6.45, 7) is 0. The molecule has 2 aromatic rings. The number of carbonyl (C=O) groups excluding carboxylic acids is 2. The van der Waals surface area contributed by atoms with Crippen molar-refractivity contribution < 1.29 is 9.59 Å². The van der Waals surface area contributed by atoms with Gasteiger partial charge in [-0.15, -0.1) is 0 Å². The van der Waals surface area contributed by atoms with E-state index >= 15 is 0 Å². The fourth-order valence-electron chi connectivity index (χ4n) is 2.88. The summed E-state index contributed by atoms with van der Waals surface area (Å²) < 4.78 is 0. The molecule has 1 fully saturated rings. The molecule has 1 amide bonds. The lowest BCUT2D eigenvalue weighted by Gasteiger charge is -2.24. The van der Waals surface area contributed by atoms with Crippen LogP contribution in [0.1, 0.15) is 23.1 Å². The van der Waals surface area contributed by atoms with Crippen molar-refractivity contribution in [2.75, 3.05) is 4.90 Å². The Balaban J connectivity index is 1.92. The number of hydrogen-bond donors (Lipinski definition) is 0. The number of nitrogens with zero attached hydrogens (tertiary/aromatic N) is 3. The molecule has 6 heteroatoms. The zero-order valence-corrected chi connectivity index (χ0v) is 13.8. The van der Waals surface area contributed by atoms with Crippen molar-refractivity contribution in [3.63, 3.8) is 0 Å². The van der Waals surface area contributed by atoms with E-state index in [-0.39, 0.29) is 23.1 Å². The van der Waals surface area contributed by atoms with E-state index in [2.05, 4.69) is 0 Å². The first kappa shape index (κ1) is 16.7. The summed E-state index contributed by atoms with van der Waals surface area (Å²) in [5.74, 6) is -0.445. The molecule has 0 radical (unpaired) electrons. The molecule has 0 N–H and O–H groups in total. The van der Waals surface area contributed by atoms with Gasteiger partial charge in [0.05, 0.1) is 34.7 Å². The van der Waals surface area contributed by atoms with E-state index in [0.29, 0.717) is 23.2 Å².